The number of ether oxygens (including phenoxy) is 1. The van der Waals surface area contributed by atoms with Gasteiger partial charge >= 0.3 is 5.97 Å². The second kappa shape index (κ2) is 5.52. The minimum Gasteiger partial charge on any atom is -0.466 e. The van der Waals surface area contributed by atoms with Gasteiger partial charge in [0.25, 0.3) is 0 Å². The Morgan fingerprint density at radius 2 is 2.25 bits per heavy atom. The predicted molar refractivity (Wildman–Crippen MR) is 65.5 cm³/mol. The standard InChI is InChI=1S/C13H13ClO2/c1-4-12(9(2)13(15)16-3)10-6-5-7-11(14)8-10/h4-8,12H,1-2H2,3H3/t12-/m1/s1. The van der Waals surface area contributed by atoms with Gasteiger partial charge in [0.2, 0.25) is 0 Å². The first-order chi connectivity index (χ1) is 7.60. The van der Waals surface area contributed by atoms with E-state index in [-0.39, 0.29) is 5.92 Å². The van der Waals surface area contributed by atoms with Crippen LogP contribution in [0, 0.1) is 0 Å². The van der Waals surface area contributed by atoms with Crippen molar-refractivity contribution in [3.8, 4) is 0 Å². The summed E-state index contributed by atoms with van der Waals surface area (Å²) in [4.78, 5) is 11.4. The summed E-state index contributed by atoms with van der Waals surface area (Å²) in [5, 5.41) is 0.613. The van der Waals surface area contributed by atoms with Crippen molar-refractivity contribution in [2.75, 3.05) is 7.11 Å². The van der Waals surface area contributed by atoms with Crippen molar-refractivity contribution in [2.45, 2.75) is 5.92 Å². The van der Waals surface area contributed by atoms with E-state index in [0.29, 0.717) is 10.6 Å². The van der Waals surface area contributed by atoms with Gasteiger partial charge in [-0.3, -0.25) is 0 Å². The number of carbonyl (C=O) groups is 1. The summed E-state index contributed by atoms with van der Waals surface area (Å²) in [5.41, 5.74) is 1.22. The number of halogens is 1. The largest absolute Gasteiger partial charge is 0.466 e. The van der Waals surface area contributed by atoms with E-state index in [1.165, 1.54) is 7.11 Å². The van der Waals surface area contributed by atoms with Crippen LogP contribution >= 0.6 is 11.6 Å². The Morgan fingerprint density at radius 1 is 1.56 bits per heavy atom. The molecule has 0 spiro atoms. The summed E-state index contributed by atoms with van der Waals surface area (Å²) >= 11 is 5.88. The third-order valence-corrected chi connectivity index (χ3v) is 2.50. The molecule has 0 aliphatic heterocycles. The molecule has 0 unspecified atom stereocenters. The monoisotopic (exact) mass is 236 g/mol. The van der Waals surface area contributed by atoms with Gasteiger partial charge in [-0.15, -0.1) is 6.58 Å². The van der Waals surface area contributed by atoms with Crippen molar-refractivity contribution >= 4 is 17.6 Å². The Kier molecular flexibility index (Phi) is 4.32. The predicted octanol–water partition coefficient (Wildman–Crippen LogP) is 3.34. The first kappa shape index (κ1) is 12.5. The smallest absolute Gasteiger partial charge is 0.334 e. The number of benzene rings is 1. The molecular formula is C13H13ClO2. The molecule has 0 saturated carbocycles. The van der Waals surface area contributed by atoms with E-state index in [1.54, 1.807) is 18.2 Å². The number of rotatable bonds is 4. The Bertz CT molecular complexity index is 424. The zero-order chi connectivity index (χ0) is 12.1. The zero-order valence-corrected chi connectivity index (χ0v) is 9.83. The average molecular weight is 237 g/mol. The number of allylic oxidation sites excluding steroid dienone is 1. The first-order valence-electron chi connectivity index (χ1n) is 4.75. The Balaban J connectivity index is 3.03. The summed E-state index contributed by atoms with van der Waals surface area (Å²) in [5.74, 6) is -0.712. The molecule has 0 saturated heterocycles. The van der Waals surface area contributed by atoms with Gasteiger partial charge in [0, 0.05) is 16.5 Å². The fraction of sp³-hybridized carbons (Fsp3) is 0.154. The van der Waals surface area contributed by atoms with Gasteiger partial charge in [-0.1, -0.05) is 36.4 Å². The summed E-state index contributed by atoms with van der Waals surface area (Å²) in [6, 6.07) is 7.24. The molecule has 0 fully saturated rings. The van der Waals surface area contributed by atoms with Crippen LogP contribution in [0.1, 0.15) is 11.5 Å². The van der Waals surface area contributed by atoms with E-state index >= 15 is 0 Å². The van der Waals surface area contributed by atoms with Crippen LogP contribution in [0.15, 0.2) is 49.1 Å². The lowest BCUT2D eigenvalue weighted by molar-refractivity contribution is -0.136. The average Bonchev–Trinajstić information content (AvgIpc) is 2.29. The molecule has 0 heterocycles. The molecule has 0 N–H and O–H groups in total. The lowest BCUT2D eigenvalue weighted by Gasteiger charge is -2.14. The van der Waals surface area contributed by atoms with E-state index in [2.05, 4.69) is 17.9 Å². The molecule has 0 bridgehead atoms. The summed E-state index contributed by atoms with van der Waals surface area (Å²) in [7, 11) is 1.33. The van der Waals surface area contributed by atoms with E-state index in [4.69, 9.17) is 11.6 Å². The minimum absolute atomic E-state index is 0.272. The lowest BCUT2D eigenvalue weighted by atomic mass is 9.92. The Hall–Kier alpha value is -1.54. The SMILES string of the molecule is C=C[C@H](C(=C)C(=O)OC)c1cccc(Cl)c1. The zero-order valence-electron chi connectivity index (χ0n) is 9.07. The van der Waals surface area contributed by atoms with Crippen LogP contribution in [0.2, 0.25) is 5.02 Å². The highest BCUT2D eigenvalue weighted by molar-refractivity contribution is 6.30. The molecule has 16 heavy (non-hydrogen) atoms. The van der Waals surface area contributed by atoms with Crippen LogP contribution in [-0.4, -0.2) is 13.1 Å². The van der Waals surface area contributed by atoms with Gasteiger partial charge in [-0.2, -0.15) is 0 Å². The normalized spacial score (nSPS) is 11.6. The van der Waals surface area contributed by atoms with Crippen LogP contribution in [0.4, 0.5) is 0 Å². The second-order valence-electron chi connectivity index (χ2n) is 3.29. The third-order valence-electron chi connectivity index (χ3n) is 2.27. The van der Waals surface area contributed by atoms with Crippen LogP contribution in [0.5, 0.6) is 0 Å². The van der Waals surface area contributed by atoms with Crippen molar-refractivity contribution in [1.82, 2.24) is 0 Å². The lowest BCUT2D eigenvalue weighted by Crippen LogP contribution is -2.10. The van der Waals surface area contributed by atoms with Crippen molar-refractivity contribution in [1.29, 1.82) is 0 Å². The Morgan fingerprint density at radius 3 is 2.75 bits per heavy atom. The van der Waals surface area contributed by atoms with E-state index in [9.17, 15) is 4.79 Å². The molecule has 1 atom stereocenters. The van der Waals surface area contributed by atoms with Crippen LogP contribution in [0.25, 0.3) is 0 Å². The van der Waals surface area contributed by atoms with Crippen molar-refractivity contribution < 1.29 is 9.53 Å². The van der Waals surface area contributed by atoms with Crippen molar-refractivity contribution in [2.24, 2.45) is 0 Å². The topological polar surface area (TPSA) is 26.3 Å². The van der Waals surface area contributed by atoms with Crippen LogP contribution in [0.3, 0.4) is 0 Å². The van der Waals surface area contributed by atoms with Crippen LogP contribution < -0.4 is 0 Å². The highest BCUT2D eigenvalue weighted by atomic mass is 35.5. The van der Waals surface area contributed by atoms with Gasteiger partial charge in [-0.25, -0.2) is 4.79 Å². The van der Waals surface area contributed by atoms with Gasteiger partial charge in [-0.05, 0) is 17.7 Å². The number of hydrogen-bond acceptors (Lipinski definition) is 2. The maximum atomic E-state index is 11.4. The highest BCUT2D eigenvalue weighted by Crippen LogP contribution is 2.27. The molecule has 1 aromatic carbocycles. The molecule has 0 aliphatic carbocycles. The quantitative estimate of drug-likeness (QED) is 0.455. The van der Waals surface area contributed by atoms with Gasteiger partial charge < -0.3 is 4.74 Å². The van der Waals surface area contributed by atoms with Gasteiger partial charge in [0.1, 0.15) is 0 Å². The molecule has 1 aromatic rings. The minimum atomic E-state index is -0.440. The highest BCUT2D eigenvalue weighted by Gasteiger charge is 2.18. The number of methoxy groups -OCH3 is 1. The fourth-order valence-electron chi connectivity index (χ4n) is 1.44. The number of carbonyl (C=O) groups excluding carboxylic acids is 1. The van der Waals surface area contributed by atoms with Crippen LogP contribution in [-0.2, 0) is 9.53 Å². The number of esters is 1. The third kappa shape index (κ3) is 2.74. The fourth-order valence-corrected chi connectivity index (χ4v) is 1.64. The summed E-state index contributed by atoms with van der Waals surface area (Å²) in [6.45, 7) is 7.41. The molecule has 3 heteroatoms. The van der Waals surface area contributed by atoms with E-state index < -0.39 is 5.97 Å². The van der Waals surface area contributed by atoms with Crippen molar-refractivity contribution in [3.05, 3.63) is 59.7 Å². The van der Waals surface area contributed by atoms with Crippen molar-refractivity contribution in [3.63, 3.8) is 0 Å². The molecule has 84 valence electrons. The van der Waals surface area contributed by atoms with Gasteiger partial charge in [0.15, 0.2) is 0 Å². The summed E-state index contributed by atoms with van der Waals surface area (Å²) < 4.78 is 4.63. The number of hydrogen-bond donors (Lipinski definition) is 0. The summed E-state index contributed by atoms with van der Waals surface area (Å²) in [6.07, 6.45) is 1.64. The molecule has 0 radical (unpaired) electrons. The van der Waals surface area contributed by atoms with Gasteiger partial charge in [0.05, 0.1) is 7.11 Å². The molecule has 0 aliphatic rings. The van der Waals surface area contributed by atoms with E-state index in [0.717, 1.165) is 5.56 Å². The molecule has 1 rings (SSSR count). The molecule has 2 nitrogen and oxygen atoms in total. The second-order valence-corrected chi connectivity index (χ2v) is 3.72. The molecule has 0 amide bonds. The first-order valence-corrected chi connectivity index (χ1v) is 5.13. The maximum absolute atomic E-state index is 11.4. The maximum Gasteiger partial charge on any atom is 0.334 e. The molecule has 0 aromatic heterocycles. The molecular weight excluding hydrogens is 224 g/mol. The van der Waals surface area contributed by atoms with E-state index in [1.807, 2.05) is 12.1 Å². The Labute approximate surface area is 100 Å².